The van der Waals surface area contributed by atoms with Crippen LogP contribution in [0.15, 0.2) is 0 Å². The Morgan fingerprint density at radius 3 is 1.77 bits per heavy atom. The molecule has 0 bridgehead atoms. The minimum absolute atomic E-state index is 0. The average molecular weight is 574 g/mol. The number of ether oxygens (including phenoxy) is 5. The minimum atomic E-state index is -5.44. The first-order valence-electron chi connectivity index (χ1n) is 9.13. The maximum atomic E-state index is 11.2. The van der Waals surface area contributed by atoms with Crippen LogP contribution in [0.25, 0.3) is 0 Å². The molecule has 2 aliphatic heterocycles. The van der Waals surface area contributed by atoms with Gasteiger partial charge in [0.05, 0.1) is 13.2 Å². The summed E-state index contributed by atoms with van der Waals surface area (Å²) in [6, 6.07) is 0. The molecule has 2 saturated heterocycles. The molecule has 0 aromatic carbocycles. The summed E-state index contributed by atoms with van der Waals surface area (Å²) in [5, 5.41) is 40.6. The molecular weight excluding hydrogens is 550 g/mol. The Labute approximate surface area is 245 Å². The van der Waals surface area contributed by atoms with Crippen molar-refractivity contribution in [1.82, 2.24) is 0 Å². The van der Waals surface area contributed by atoms with Gasteiger partial charge in [-0.3, -0.25) is 8.37 Å². The zero-order valence-corrected chi connectivity index (χ0v) is 24.7. The maximum Gasteiger partial charge on any atom is 1.00 e. The summed E-state index contributed by atoms with van der Waals surface area (Å²) in [5.74, 6) is 0. The van der Waals surface area contributed by atoms with E-state index in [4.69, 9.17) is 23.7 Å². The summed E-state index contributed by atoms with van der Waals surface area (Å²) in [6.07, 6.45) is -17.4. The molecule has 0 unspecified atom stereocenters. The van der Waals surface area contributed by atoms with E-state index in [2.05, 4.69) is 8.37 Å². The van der Waals surface area contributed by atoms with Crippen LogP contribution in [0.5, 0.6) is 0 Å². The van der Waals surface area contributed by atoms with E-state index in [9.17, 15) is 46.4 Å². The van der Waals surface area contributed by atoms with Crippen LogP contribution in [0.1, 0.15) is 0 Å². The largest absolute Gasteiger partial charge is 1.00 e. The van der Waals surface area contributed by atoms with E-state index in [0.29, 0.717) is 0 Å². The van der Waals surface area contributed by atoms with Crippen LogP contribution >= 0.6 is 0 Å². The number of hydrogen-bond acceptors (Lipinski definition) is 17. The van der Waals surface area contributed by atoms with Crippen LogP contribution in [-0.2, 0) is 52.8 Å². The molecule has 17 nitrogen and oxygen atoms in total. The molecule has 0 amide bonds. The summed E-state index contributed by atoms with van der Waals surface area (Å²) in [5.41, 5.74) is 0. The standard InChI is InChI=1S/C14H26O17S2.2Na/c1-25-11-7(16)6(4-27-32(19,20)21)29-14(8(11)17)30-10-5(3-15)28-13(26-2)9(18)12(10)31-33(22,23)24;;/h5-18H,3-4H2,1-2H3,(H,19,20,21)(H,22,23,24);;/q;2*+1/p-2/t5-,6+,7-,8+,9-,10+,11-,12-,13+,14-;;/m0../s1. The summed E-state index contributed by atoms with van der Waals surface area (Å²) in [6.45, 7) is -1.90. The van der Waals surface area contributed by atoms with Gasteiger partial charge in [-0.25, -0.2) is 16.8 Å². The average Bonchev–Trinajstić information content (AvgIpc) is 2.70. The van der Waals surface area contributed by atoms with Gasteiger partial charge in [0.15, 0.2) is 12.6 Å². The molecule has 0 spiro atoms. The smallest absolute Gasteiger partial charge is 0.726 e. The Morgan fingerprint density at radius 2 is 1.31 bits per heavy atom. The third kappa shape index (κ3) is 10.1. The molecule has 10 atom stereocenters. The predicted octanol–water partition coefficient (Wildman–Crippen LogP) is -11.1. The summed E-state index contributed by atoms with van der Waals surface area (Å²) >= 11 is 0. The summed E-state index contributed by atoms with van der Waals surface area (Å²) < 4.78 is 99.8. The fraction of sp³-hybridized carbons (Fsp3) is 1.00. The van der Waals surface area contributed by atoms with Crippen molar-refractivity contribution in [1.29, 1.82) is 0 Å². The van der Waals surface area contributed by atoms with Crippen LogP contribution in [0.3, 0.4) is 0 Å². The van der Waals surface area contributed by atoms with Crippen molar-refractivity contribution in [3.05, 3.63) is 0 Å². The molecule has 4 N–H and O–H groups in total. The monoisotopic (exact) mass is 574 g/mol. The van der Waals surface area contributed by atoms with Gasteiger partial charge >= 0.3 is 59.1 Å². The zero-order valence-electron chi connectivity index (χ0n) is 19.1. The van der Waals surface area contributed by atoms with Gasteiger partial charge < -0.3 is 53.2 Å². The van der Waals surface area contributed by atoms with Crippen molar-refractivity contribution in [2.75, 3.05) is 27.4 Å². The Hall–Kier alpha value is 1.38. The van der Waals surface area contributed by atoms with Crippen molar-refractivity contribution in [2.24, 2.45) is 0 Å². The topological polar surface area (TPSA) is 260 Å². The number of aliphatic hydroxyl groups is 4. The second kappa shape index (κ2) is 15.2. The molecular formula is C14H24Na2O17S2. The molecule has 2 aliphatic rings. The van der Waals surface area contributed by atoms with Gasteiger partial charge in [-0.2, -0.15) is 0 Å². The number of rotatable bonds is 10. The van der Waals surface area contributed by atoms with Crippen LogP contribution in [0, 0.1) is 0 Å². The minimum Gasteiger partial charge on any atom is -0.726 e. The quantitative estimate of drug-likeness (QED) is 0.107. The molecule has 196 valence electrons. The van der Waals surface area contributed by atoms with Crippen molar-refractivity contribution < 1.29 is 138 Å². The van der Waals surface area contributed by atoms with Crippen LogP contribution in [0.4, 0.5) is 0 Å². The van der Waals surface area contributed by atoms with E-state index in [-0.39, 0.29) is 59.1 Å². The Balaban J connectivity index is 0.00000578. The molecule has 0 aromatic rings. The Morgan fingerprint density at radius 1 is 0.771 bits per heavy atom. The maximum absolute atomic E-state index is 11.2. The first kappa shape index (κ1) is 36.4. The van der Waals surface area contributed by atoms with E-state index < -0.39 is 95.4 Å². The van der Waals surface area contributed by atoms with Gasteiger partial charge in [0.1, 0.15) is 48.8 Å². The summed E-state index contributed by atoms with van der Waals surface area (Å²) in [7, 11) is -8.50. The molecule has 2 heterocycles. The van der Waals surface area contributed by atoms with E-state index in [1.807, 2.05) is 0 Å². The van der Waals surface area contributed by atoms with E-state index >= 15 is 0 Å². The molecule has 35 heavy (non-hydrogen) atoms. The number of aliphatic hydroxyl groups excluding tert-OH is 4. The Bertz CT molecular complexity index is 844. The zero-order chi connectivity index (χ0) is 25.1. The number of hydrogen-bond donors (Lipinski definition) is 4. The van der Waals surface area contributed by atoms with Crippen molar-refractivity contribution >= 4 is 20.8 Å². The molecule has 0 radical (unpaired) electrons. The fourth-order valence-corrected chi connectivity index (χ4v) is 4.18. The van der Waals surface area contributed by atoms with Gasteiger partial charge in [0, 0.05) is 14.2 Å². The molecule has 21 heteroatoms. The van der Waals surface area contributed by atoms with Crippen LogP contribution < -0.4 is 59.1 Å². The molecule has 0 aliphatic carbocycles. The Kier molecular flexibility index (Phi) is 15.8. The third-order valence-electron chi connectivity index (χ3n) is 4.84. The fourth-order valence-electron chi connectivity index (χ4n) is 3.38. The molecule has 0 saturated carbocycles. The molecule has 2 fully saturated rings. The van der Waals surface area contributed by atoms with E-state index in [0.717, 1.165) is 14.2 Å². The third-order valence-corrected chi connectivity index (χ3v) is 5.72. The van der Waals surface area contributed by atoms with Crippen molar-refractivity contribution in [2.45, 2.75) is 61.4 Å². The van der Waals surface area contributed by atoms with Crippen LogP contribution in [0.2, 0.25) is 0 Å². The van der Waals surface area contributed by atoms with Gasteiger partial charge in [0.2, 0.25) is 20.8 Å². The van der Waals surface area contributed by atoms with Gasteiger partial charge in [-0.1, -0.05) is 0 Å². The van der Waals surface area contributed by atoms with Crippen LogP contribution in [-0.4, -0.2) is 135 Å². The first-order chi connectivity index (χ1) is 15.2. The van der Waals surface area contributed by atoms with Gasteiger partial charge in [-0.05, 0) is 0 Å². The predicted molar refractivity (Wildman–Crippen MR) is 95.3 cm³/mol. The molecule has 2 rings (SSSR count). The second-order valence-corrected chi connectivity index (χ2v) is 9.00. The van der Waals surface area contributed by atoms with Gasteiger partial charge in [-0.15, -0.1) is 0 Å². The first-order valence-corrected chi connectivity index (χ1v) is 11.8. The second-order valence-electron chi connectivity index (χ2n) is 6.94. The SMILES string of the molecule is CO[C@@H]1O[C@@H](CO)[C@@H](O[C@@H]2O[C@H](COS(=O)(=O)[O-])[C@H](O)[C@H](OC)[C@H]2O)[C@@H](OS(=O)(=O)[O-])[C@@H]1O.[Na+].[Na+]. The van der Waals surface area contributed by atoms with Gasteiger partial charge in [0.25, 0.3) is 0 Å². The summed E-state index contributed by atoms with van der Waals surface area (Å²) in [4.78, 5) is 0. The number of methoxy groups -OCH3 is 2. The van der Waals surface area contributed by atoms with E-state index in [1.165, 1.54) is 0 Å². The van der Waals surface area contributed by atoms with Crippen molar-refractivity contribution in [3.8, 4) is 0 Å². The van der Waals surface area contributed by atoms with Crippen molar-refractivity contribution in [3.63, 3.8) is 0 Å². The molecule has 0 aromatic heterocycles. The van der Waals surface area contributed by atoms with E-state index in [1.54, 1.807) is 0 Å². The normalized spacial score (nSPS) is 38.3.